The highest BCUT2D eigenvalue weighted by atomic mass is 32.2. The van der Waals surface area contributed by atoms with Crippen LogP contribution in [0.3, 0.4) is 0 Å². The van der Waals surface area contributed by atoms with E-state index in [1.807, 2.05) is 0 Å². The fourth-order valence-corrected chi connectivity index (χ4v) is 5.07. The normalized spacial score (nSPS) is 19.6. The summed E-state index contributed by atoms with van der Waals surface area (Å²) in [6.45, 7) is 3.08. The molecule has 1 atom stereocenters. The number of carbonyl (C=O) groups excluding carboxylic acids is 1. The minimum absolute atomic E-state index is 0.230. The highest BCUT2D eigenvalue weighted by Crippen LogP contribution is 2.51. The van der Waals surface area contributed by atoms with E-state index in [1.165, 1.54) is 12.1 Å². The Bertz CT molecular complexity index is 1100. The lowest BCUT2D eigenvalue weighted by molar-refractivity contribution is -0.138. The summed E-state index contributed by atoms with van der Waals surface area (Å²) in [5.41, 5.74) is -2.89. The lowest BCUT2D eigenvalue weighted by atomic mass is 10.1. The van der Waals surface area contributed by atoms with Crippen LogP contribution in [0.25, 0.3) is 0 Å². The van der Waals surface area contributed by atoms with Crippen LogP contribution in [-0.4, -0.2) is 26.7 Å². The summed E-state index contributed by atoms with van der Waals surface area (Å²) in [5, 5.41) is 18.7. The van der Waals surface area contributed by atoms with Crippen LogP contribution in [0, 0.1) is 17.1 Å². The van der Waals surface area contributed by atoms with Gasteiger partial charge in [0.15, 0.2) is 5.69 Å². The first-order chi connectivity index (χ1) is 13.9. The zero-order chi connectivity index (χ0) is 22.4. The van der Waals surface area contributed by atoms with Gasteiger partial charge in [-0.1, -0.05) is 0 Å². The van der Waals surface area contributed by atoms with Crippen molar-refractivity contribution in [2.24, 2.45) is 0 Å². The zero-order valence-corrected chi connectivity index (χ0v) is 16.3. The van der Waals surface area contributed by atoms with Crippen LogP contribution in [0.15, 0.2) is 35.4 Å². The first kappa shape index (κ1) is 21.5. The van der Waals surface area contributed by atoms with Gasteiger partial charge in [-0.15, -0.1) is 11.1 Å². The van der Waals surface area contributed by atoms with Gasteiger partial charge in [0.1, 0.15) is 11.9 Å². The van der Waals surface area contributed by atoms with Crippen molar-refractivity contribution in [2.45, 2.75) is 29.7 Å². The number of alkyl halides is 3. The molecule has 0 saturated carbocycles. The molecule has 1 amide bonds. The molecule has 1 unspecified atom stereocenters. The number of anilines is 1. The van der Waals surface area contributed by atoms with E-state index >= 15 is 0 Å². The van der Waals surface area contributed by atoms with Crippen LogP contribution in [0.1, 0.15) is 35.5 Å². The number of benzene rings is 1. The molecular formula is C18H14F4N4O3S. The lowest BCUT2D eigenvalue weighted by Crippen LogP contribution is -2.38. The Balaban J connectivity index is 2.03. The van der Waals surface area contributed by atoms with Crippen LogP contribution < -0.4 is 9.84 Å². The van der Waals surface area contributed by atoms with Crippen molar-refractivity contribution in [3.63, 3.8) is 0 Å². The number of carbonyl (C=O) groups is 2. The molecule has 1 aromatic heterocycles. The van der Waals surface area contributed by atoms with Gasteiger partial charge in [-0.05, 0) is 38.1 Å². The van der Waals surface area contributed by atoms with E-state index in [0.29, 0.717) is 11.0 Å². The van der Waals surface area contributed by atoms with Crippen molar-refractivity contribution >= 4 is 28.6 Å². The van der Waals surface area contributed by atoms with Gasteiger partial charge in [-0.2, -0.15) is 23.3 Å². The Labute approximate surface area is 170 Å². The summed E-state index contributed by atoms with van der Waals surface area (Å²) in [7, 11) is 0. The molecule has 12 heteroatoms. The minimum Gasteiger partial charge on any atom is -0.478 e. The molecule has 2 aromatic rings. The largest absolute Gasteiger partial charge is 0.478 e. The number of pyridine rings is 1. The molecule has 1 fully saturated rings. The average molecular weight is 442 g/mol. The van der Waals surface area contributed by atoms with E-state index in [0.717, 1.165) is 23.3 Å². The van der Waals surface area contributed by atoms with Gasteiger partial charge >= 0.3 is 12.1 Å². The number of rotatable bonds is 3. The molecule has 7 nitrogen and oxygen atoms in total. The van der Waals surface area contributed by atoms with Crippen LogP contribution in [-0.2, 0) is 11.0 Å². The van der Waals surface area contributed by atoms with Gasteiger partial charge in [-0.25, -0.2) is 19.2 Å². The van der Waals surface area contributed by atoms with Crippen molar-refractivity contribution in [3.8, 4) is 6.07 Å². The van der Waals surface area contributed by atoms with Gasteiger partial charge in [0.2, 0.25) is 0 Å². The molecule has 2 N–H and O–H groups in total. The van der Waals surface area contributed by atoms with E-state index in [4.69, 9.17) is 10.4 Å². The average Bonchev–Trinajstić information content (AvgIpc) is 2.90. The van der Waals surface area contributed by atoms with Gasteiger partial charge < -0.3 is 5.11 Å². The monoisotopic (exact) mass is 442 g/mol. The maximum atomic E-state index is 14.1. The number of nitrogens with one attached hydrogen (secondary N) is 1. The highest BCUT2D eigenvalue weighted by Gasteiger charge is 2.47. The lowest BCUT2D eigenvalue weighted by Gasteiger charge is -2.27. The predicted octanol–water partition coefficient (Wildman–Crippen LogP) is 3.41. The number of hydrazine groups is 1. The van der Waals surface area contributed by atoms with Gasteiger partial charge in [-0.3, -0.25) is 4.79 Å². The maximum Gasteiger partial charge on any atom is 0.419 e. The Morgan fingerprint density at radius 2 is 2.00 bits per heavy atom. The van der Waals surface area contributed by atoms with E-state index < -0.39 is 56.5 Å². The number of nitrogens with zero attached hydrogens (tertiary/aromatic N) is 3. The number of hydrogen-bond donors (Lipinski definition) is 3. The van der Waals surface area contributed by atoms with Crippen molar-refractivity contribution in [1.82, 2.24) is 9.82 Å². The quantitative estimate of drug-likeness (QED) is 0.497. The molecule has 0 spiro atoms. The first-order valence-electron chi connectivity index (χ1n) is 8.29. The molecule has 1 aliphatic heterocycles. The van der Waals surface area contributed by atoms with Gasteiger partial charge in [0, 0.05) is 4.90 Å². The Hall–Kier alpha value is -3.17. The molecule has 1 aromatic carbocycles. The third-order valence-electron chi connectivity index (χ3n) is 4.47. The Morgan fingerprint density at radius 3 is 2.53 bits per heavy atom. The van der Waals surface area contributed by atoms with Crippen molar-refractivity contribution in [1.29, 1.82) is 5.26 Å². The van der Waals surface area contributed by atoms with Crippen LogP contribution in [0.5, 0.6) is 0 Å². The predicted molar refractivity (Wildman–Crippen MR) is 99.3 cm³/mol. The smallest absolute Gasteiger partial charge is 0.419 e. The van der Waals surface area contributed by atoms with Crippen LogP contribution >= 0.6 is 11.1 Å². The summed E-state index contributed by atoms with van der Waals surface area (Å²) < 4.78 is 52.7. The second-order valence-corrected chi connectivity index (χ2v) is 9.31. The number of thiol groups is 1. The molecule has 0 bridgehead atoms. The summed E-state index contributed by atoms with van der Waals surface area (Å²) in [6.07, 6.45) is -3.89. The number of carboxylic acid groups (broad SMARTS) is 1. The van der Waals surface area contributed by atoms with Crippen LogP contribution in [0.4, 0.5) is 23.2 Å². The third kappa shape index (κ3) is 3.57. The van der Waals surface area contributed by atoms with Crippen molar-refractivity contribution in [3.05, 3.63) is 53.1 Å². The Morgan fingerprint density at radius 1 is 1.33 bits per heavy atom. The molecule has 1 aliphatic rings. The van der Waals surface area contributed by atoms with Crippen molar-refractivity contribution in [2.75, 3.05) is 5.01 Å². The molecule has 30 heavy (non-hydrogen) atoms. The van der Waals surface area contributed by atoms with E-state index in [2.05, 4.69) is 9.82 Å². The minimum atomic E-state index is -4.85. The second-order valence-electron chi connectivity index (χ2n) is 6.80. The molecular weight excluding hydrogens is 428 g/mol. The number of halogens is 4. The maximum absolute atomic E-state index is 14.1. The summed E-state index contributed by atoms with van der Waals surface area (Å²) in [5.74, 6) is -3.03. The Kier molecular flexibility index (Phi) is 5.21. The molecule has 0 radical (unpaired) electrons. The van der Waals surface area contributed by atoms with Crippen molar-refractivity contribution < 1.29 is 32.3 Å². The summed E-state index contributed by atoms with van der Waals surface area (Å²) in [6, 6.07) is 5.40. The number of aromatic nitrogens is 1. The number of nitriles is 1. The molecule has 1 saturated heterocycles. The second kappa shape index (κ2) is 7.26. The summed E-state index contributed by atoms with van der Waals surface area (Å²) in [4.78, 5) is 30.5. The number of carboxylic acids is 1. The van der Waals surface area contributed by atoms with Crippen LogP contribution in [0.2, 0.25) is 0 Å². The molecule has 0 aliphatic carbocycles. The summed E-state index contributed by atoms with van der Waals surface area (Å²) >= 11 is -1.66. The topological polar surface area (TPSA) is 106 Å². The molecule has 158 valence electrons. The van der Waals surface area contributed by atoms with E-state index in [9.17, 15) is 27.2 Å². The van der Waals surface area contributed by atoms with Gasteiger partial charge in [0.05, 0.1) is 27.8 Å². The fourth-order valence-electron chi connectivity index (χ4n) is 2.89. The number of amides is 1. The van der Waals surface area contributed by atoms with E-state index in [-0.39, 0.29) is 5.69 Å². The standard InChI is InChI=1S/C18H14F4N4O3S/c1-17(2)16(29)26(9-5-12(18(20,21)22)14(7-23)24-8-9)25-30(17)10-3-4-11(15(27)28)13(19)6-10/h3-6,8,25,30H,1-2H3,(H,27,28). The molecule has 3 rings (SSSR count). The zero-order valence-electron chi connectivity index (χ0n) is 15.5. The SMILES string of the molecule is CC1(C)C(=O)N(c2cnc(C#N)c(C(F)(F)F)c2)N[SH]1c1ccc(C(=O)O)c(F)c1. The van der Waals surface area contributed by atoms with E-state index in [1.54, 1.807) is 13.8 Å². The van der Waals surface area contributed by atoms with Gasteiger partial charge in [0.25, 0.3) is 5.91 Å². The first-order valence-corrected chi connectivity index (χ1v) is 9.63. The molecule has 2 heterocycles. The third-order valence-corrected chi connectivity index (χ3v) is 6.97. The fraction of sp³-hybridized carbons (Fsp3) is 0.222. The number of aromatic carboxylic acids is 1. The number of hydrogen-bond acceptors (Lipinski definition) is 5. The highest BCUT2D eigenvalue weighted by molar-refractivity contribution is 8.17.